The number of nitrogens with zero attached hydrogens (tertiary/aromatic N) is 9. The lowest BCUT2D eigenvalue weighted by Gasteiger charge is -2.57. The quantitative estimate of drug-likeness (QED) is 0.459. The van der Waals surface area contributed by atoms with Gasteiger partial charge in [-0.3, -0.25) is 20.2 Å². The Morgan fingerprint density at radius 2 is 1.67 bits per heavy atom. The molecule has 0 spiro atoms. The molecule has 0 aromatic rings. The lowest BCUT2D eigenvalue weighted by Crippen LogP contribution is -2.79. The number of azo groups is 1. The van der Waals surface area contributed by atoms with Crippen LogP contribution in [-0.4, -0.2) is 144 Å². The van der Waals surface area contributed by atoms with Crippen LogP contribution in [0.1, 0.15) is 57.8 Å². The Morgan fingerprint density at radius 1 is 0.837 bits per heavy atom. The zero-order chi connectivity index (χ0) is 28.7. The van der Waals surface area contributed by atoms with Gasteiger partial charge in [-0.2, -0.15) is 15.2 Å². The summed E-state index contributed by atoms with van der Waals surface area (Å²) in [5, 5.41) is 24.4. The Bertz CT molecular complexity index is 1110. The molecule has 0 aromatic heterocycles. The van der Waals surface area contributed by atoms with Crippen LogP contribution in [0.5, 0.6) is 0 Å². The smallest absolute Gasteiger partial charge is 0.187 e. The van der Waals surface area contributed by atoms with E-state index in [-0.39, 0.29) is 18.3 Å². The van der Waals surface area contributed by atoms with Crippen molar-refractivity contribution in [2.24, 2.45) is 15.2 Å². The maximum absolute atomic E-state index is 6.69. The largest absolute Gasteiger partial charge is 0.478 e. The van der Waals surface area contributed by atoms with E-state index < -0.39 is 11.3 Å². The predicted octanol–water partition coefficient (Wildman–Crippen LogP) is 1.78. The Labute approximate surface area is 256 Å². The van der Waals surface area contributed by atoms with Gasteiger partial charge in [0.25, 0.3) is 0 Å². The summed E-state index contributed by atoms with van der Waals surface area (Å²) in [6, 6.07) is 0.158. The minimum atomic E-state index is -0.530. The number of piperazine rings is 1. The van der Waals surface area contributed by atoms with Crippen molar-refractivity contribution in [1.29, 1.82) is 0 Å². The van der Waals surface area contributed by atoms with Crippen molar-refractivity contribution in [3.8, 4) is 0 Å². The molecule has 0 amide bonds. The summed E-state index contributed by atoms with van der Waals surface area (Å²) in [5.41, 5.74) is 4.31. The van der Waals surface area contributed by atoms with Crippen LogP contribution in [0.3, 0.4) is 0 Å². The van der Waals surface area contributed by atoms with Gasteiger partial charge in [-0.1, -0.05) is 12.5 Å². The second-order valence-electron chi connectivity index (χ2n) is 13.4. The van der Waals surface area contributed by atoms with Crippen LogP contribution in [0.2, 0.25) is 0 Å². The molecule has 2 N–H and O–H groups in total. The average molecular weight is 594 g/mol. The van der Waals surface area contributed by atoms with Gasteiger partial charge < -0.3 is 10.1 Å². The molecule has 0 bridgehead atoms. The van der Waals surface area contributed by atoms with Crippen molar-refractivity contribution in [2.75, 3.05) is 78.5 Å². The molecule has 0 radical (unpaired) electrons. The number of allylic oxidation sites excluding steroid dienone is 2. The van der Waals surface area contributed by atoms with Gasteiger partial charge in [0.2, 0.25) is 0 Å². The summed E-state index contributed by atoms with van der Waals surface area (Å²) in [6.45, 7) is 12.0. The molecule has 5 fully saturated rings. The molecule has 236 valence electrons. The first-order valence-corrected chi connectivity index (χ1v) is 17.3. The first-order valence-electron chi connectivity index (χ1n) is 17.3. The molecular formula is C31H51N11O. The number of likely N-dealkylation sites (tertiary alicyclic amines) is 1. The van der Waals surface area contributed by atoms with Gasteiger partial charge in [0.05, 0.1) is 24.6 Å². The van der Waals surface area contributed by atoms with E-state index in [1.54, 1.807) is 0 Å². The summed E-state index contributed by atoms with van der Waals surface area (Å²) in [5.74, 6) is 0. The molecule has 43 heavy (non-hydrogen) atoms. The Balaban J connectivity index is 1.44. The first kappa shape index (κ1) is 28.7. The van der Waals surface area contributed by atoms with Crippen LogP contribution in [-0.2, 0) is 4.74 Å². The highest BCUT2D eigenvalue weighted by atomic mass is 16.5. The third kappa shape index (κ3) is 4.51. The molecular weight excluding hydrogens is 542 g/mol. The Kier molecular flexibility index (Phi) is 8.14. The number of hydrogen-bond acceptors (Lipinski definition) is 12. The summed E-state index contributed by atoms with van der Waals surface area (Å²) in [7, 11) is 0. The molecule has 5 unspecified atom stereocenters. The highest BCUT2D eigenvalue weighted by Gasteiger charge is 2.78. The summed E-state index contributed by atoms with van der Waals surface area (Å²) >= 11 is 0. The van der Waals surface area contributed by atoms with Crippen LogP contribution in [0.4, 0.5) is 0 Å². The number of hydrazine groups is 3. The predicted molar refractivity (Wildman–Crippen MR) is 166 cm³/mol. The topological polar surface area (TPSA) is 89.8 Å². The van der Waals surface area contributed by atoms with Crippen LogP contribution >= 0.6 is 0 Å². The second-order valence-corrected chi connectivity index (χ2v) is 13.4. The zero-order valence-corrected chi connectivity index (χ0v) is 25.8. The fraction of sp³-hybridized carbons (Fsp3) is 0.839. The molecule has 8 aliphatic rings. The number of nitrogens with one attached hydrogen (secondary N) is 2. The molecule has 0 aromatic carbocycles. The fourth-order valence-electron chi connectivity index (χ4n) is 9.54. The SMILES string of the molecule is C1=COC(N2N(N3CCCCC3)C(C3CCN=N3)(N3CCNCC3)C(N3CCCC3)C2(C2=NCCC2)N2CCCN2)C=C1. The average Bonchev–Trinajstić information content (AvgIpc) is 3.91. The van der Waals surface area contributed by atoms with E-state index in [1.165, 1.54) is 37.8 Å². The summed E-state index contributed by atoms with van der Waals surface area (Å²) < 4.78 is 6.69. The maximum atomic E-state index is 6.69. The van der Waals surface area contributed by atoms with Gasteiger partial charge in [-0.15, -0.1) is 5.12 Å². The third-order valence-corrected chi connectivity index (χ3v) is 11.1. The third-order valence-electron chi connectivity index (χ3n) is 11.1. The molecule has 8 rings (SSSR count). The fourth-order valence-corrected chi connectivity index (χ4v) is 9.54. The molecule has 8 aliphatic heterocycles. The standard InChI is InChI=1S/C31H51N11O/c1-3-20-39(21-4-1)42-30(27-12-15-34-36-27,38-23-16-32-17-24-38)29(37-18-5-6-19-37)31(26-10-8-13-33-26,40-22-9-14-35-40)41(42)28-11-2-7-25-43-28/h2,7,11,25,27-29,32,35H,1,3-6,8-10,12-24H2. The minimum Gasteiger partial charge on any atom is -0.478 e. The van der Waals surface area contributed by atoms with Gasteiger partial charge in [0.1, 0.15) is 11.7 Å². The Hall–Kier alpha value is -1.77. The lowest BCUT2D eigenvalue weighted by molar-refractivity contribution is -0.309. The van der Waals surface area contributed by atoms with E-state index in [1.807, 2.05) is 12.3 Å². The number of rotatable bonds is 7. The van der Waals surface area contributed by atoms with E-state index >= 15 is 0 Å². The van der Waals surface area contributed by atoms with Crippen molar-refractivity contribution in [1.82, 2.24) is 40.7 Å². The highest BCUT2D eigenvalue weighted by molar-refractivity contribution is 5.96. The monoisotopic (exact) mass is 593 g/mol. The van der Waals surface area contributed by atoms with Crippen molar-refractivity contribution >= 4 is 5.71 Å². The lowest BCUT2D eigenvalue weighted by atomic mass is 9.78. The molecule has 0 aliphatic carbocycles. The molecule has 0 saturated carbocycles. The van der Waals surface area contributed by atoms with Crippen molar-refractivity contribution < 1.29 is 4.74 Å². The van der Waals surface area contributed by atoms with E-state index in [4.69, 9.17) is 20.0 Å². The number of aliphatic imine (C=N–C) groups is 1. The van der Waals surface area contributed by atoms with E-state index in [0.717, 1.165) is 104 Å². The van der Waals surface area contributed by atoms with Crippen LogP contribution in [0.15, 0.2) is 39.7 Å². The normalized spacial score (nSPS) is 40.7. The number of hydrogen-bond donors (Lipinski definition) is 2. The summed E-state index contributed by atoms with van der Waals surface area (Å²) in [4.78, 5) is 11.1. The molecule has 8 heterocycles. The maximum Gasteiger partial charge on any atom is 0.187 e. The number of piperidine rings is 1. The van der Waals surface area contributed by atoms with Crippen LogP contribution in [0, 0.1) is 0 Å². The molecule has 5 atom stereocenters. The Morgan fingerprint density at radius 3 is 2.35 bits per heavy atom. The van der Waals surface area contributed by atoms with Crippen molar-refractivity contribution in [3.63, 3.8) is 0 Å². The molecule has 12 heteroatoms. The first-order chi connectivity index (χ1) is 21.4. The molecule has 5 saturated heterocycles. The second kappa shape index (κ2) is 12.2. The summed E-state index contributed by atoms with van der Waals surface area (Å²) in [6.07, 6.45) is 18.5. The van der Waals surface area contributed by atoms with Gasteiger partial charge in [0, 0.05) is 58.9 Å². The molecule has 12 nitrogen and oxygen atoms in total. The van der Waals surface area contributed by atoms with Gasteiger partial charge in [-0.25, -0.2) is 10.0 Å². The van der Waals surface area contributed by atoms with Crippen LogP contribution < -0.4 is 10.7 Å². The van der Waals surface area contributed by atoms with Crippen LogP contribution in [0.25, 0.3) is 0 Å². The van der Waals surface area contributed by atoms with Gasteiger partial charge >= 0.3 is 0 Å². The zero-order valence-electron chi connectivity index (χ0n) is 25.8. The van der Waals surface area contributed by atoms with E-state index in [9.17, 15) is 0 Å². The highest BCUT2D eigenvalue weighted by Crippen LogP contribution is 2.56. The van der Waals surface area contributed by atoms with Crippen molar-refractivity contribution in [3.05, 3.63) is 24.5 Å². The van der Waals surface area contributed by atoms with Gasteiger partial charge in [-0.05, 0) is 76.6 Å². The van der Waals surface area contributed by atoms with E-state index in [2.05, 4.69) is 52.8 Å². The minimum absolute atomic E-state index is 0.0511. The van der Waals surface area contributed by atoms with Crippen molar-refractivity contribution in [2.45, 2.75) is 87.4 Å². The number of ether oxygens (including phenoxy) is 1. The van der Waals surface area contributed by atoms with E-state index in [0.29, 0.717) is 0 Å². The van der Waals surface area contributed by atoms with Gasteiger partial charge in [0.15, 0.2) is 11.9 Å².